The van der Waals surface area contributed by atoms with Crippen LogP contribution in [0.15, 0.2) is 41.9 Å². The van der Waals surface area contributed by atoms with Gasteiger partial charge in [-0.15, -0.1) is 11.3 Å². The Morgan fingerprint density at radius 2 is 2.32 bits per heavy atom. The number of aromatic nitrogens is 1. The minimum atomic E-state index is -0.674. The minimum absolute atomic E-state index is 0.219. The summed E-state index contributed by atoms with van der Waals surface area (Å²) in [4.78, 5) is 19.4. The first kappa shape index (κ1) is 15.2. The number of nitrogens with zero attached hydrogens (tertiary/aromatic N) is 2. The van der Waals surface area contributed by atoms with Crippen molar-refractivity contribution in [2.45, 2.75) is 25.3 Å². The summed E-state index contributed by atoms with van der Waals surface area (Å²) in [7, 11) is 0. The number of carboxylic acid groups (broad SMARTS) is 1. The van der Waals surface area contributed by atoms with Gasteiger partial charge in [-0.05, 0) is 43.0 Å². The van der Waals surface area contributed by atoms with Gasteiger partial charge in [-0.1, -0.05) is 12.1 Å². The van der Waals surface area contributed by atoms with E-state index in [-0.39, 0.29) is 12.0 Å². The smallest absolute Gasteiger partial charge is 0.307 e. The molecule has 2 aromatic heterocycles. The first-order valence-corrected chi connectivity index (χ1v) is 8.52. The van der Waals surface area contributed by atoms with Crippen molar-refractivity contribution in [3.8, 4) is 0 Å². The van der Waals surface area contributed by atoms with Crippen LogP contribution in [0.2, 0.25) is 0 Å². The second kappa shape index (κ2) is 7.03. The van der Waals surface area contributed by atoms with Crippen LogP contribution >= 0.6 is 11.3 Å². The van der Waals surface area contributed by atoms with Crippen LogP contribution in [0.1, 0.15) is 29.5 Å². The van der Waals surface area contributed by atoms with Gasteiger partial charge in [-0.3, -0.25) is 14.7 Å². The molecular formula is C17H20N2O2S. The highest BCUT2D eigenvalue weighted by atomic mass is 32.1. The summed E-state index contributed by atoms with van der Waals surface area (Å²) < 4.78 is 0. The van der Waals surface area contributed by atoms with E-state index in [0.29, 0.717) is 6.54 Å². The Morgan fingerprint density at radius 3 is 3.00 bits per heavy atom. The normalized spacial score (nSPS) is 20.6. The third-order valence-corrected chi connectivity index (χ3v) is 5.22. The first-order valence-electron chi connectivity index (χ1n) is 7.64. The Balaban J connectivity index is 1.81. The number of hydrogen-bond acceptors (Lipinski definition) is 4. The van der Waals surface area contributed by atoms with Gasteiger partial charge in [0.25, 0.3) is 0 Å². The van der Waals surface area contributed by atoms with Crippen molar-refractivity contribution >= 4 is 17.3 Å². The molecule has 1 saturated heterocycles. The minimum Gasteiger partial charge on any atom is -0.481 e. The fourth-order valence-corrected chi connectivity index (χ4v) is 3.96. The van der Waals surface area contributed by atoms with E-state index in [1.54, 1.807) is 11.3 Å². The predicted octanol–water partition coefficient (Wildman–Crippen LogP) is 3.22. The Bertz CT molecular complexity index is 600. The molecule has 0 saturated carbocycles. The van der Waals surface area contributed by atoms with Gasteiger partial charge in [0.1, 0.15) is 0 Å². The van der Waals surface area contributed by atoms with Gasteiger partial charge in [0.05, 0.1) is 5.92 Å². The number of thiophene rings is 1. The van der Waals surface area contributed by atoms with Crippen LogP contribution in [0, 0.1) is 5.92 Å². The van der Waals surface area contributed by atoms with Crippen LogP contribution in [0.3, 0.4) is 0 Å². The first-order chi connectivity index (χ1) is 10.7. The average Bonchev–Trinajstić information content (AvgIpc) is 3.08. The Kier molecular flexibility index (Phi) is 4.85. The van der Waals surface area contributed by atoms with E-state index < -0.39 is 5.97 Å². The molecule has 0 aromatic carbocycles. The van der Waals surface area contributed by atoms with Crippen LogP contribution in [-0.2, 0) is 11.2 Å². The maximum absolute atomic E-state index is 11.3. The zero-order valence-corrected chi connectivity index (χ0v) is 13.2. The summed E-state index contributed by atoms with van der Waals surface area (Å²) in [5.74, 6) is -0.924. The second-order valence-corrected chi connectivity index (χ2v) is 6.71. The molecule has 1 fully saturated rings. The third-order valence-electron chi connectivity index (χ3n) is 4.24. The van der Waals surface area contributed by atoms with Crippen molar-refractivity contribution < 1.29 is 9.90 Å². The van der Waals surface area contributed by atoms with Gasteiger partial charge in [0, 0.05) is 35.8 Å². The number of pyridine rings is 1. The van der Waals surface area contributed by atoms with Crippen molar-refractivity contribution in [1.82, 2.24) is 9.88 Å². The molecular weight excluding hydrogens is 296 g/mol. The number of aliphatic carboxylic acids is 1. The molecule has 0 aliphatic carbocycles. The quantitative estimate of drug-likeness (QED) is 0.920. The van der Waals surface area contributed by atoms with Crippen molar-refractivity contribution in [2.75, 3.05) is 13.1 Å². The van der Waals surface area contributed by atoms with Crippen molar-refractivity contribution in [1.29, 1.82) is 0 Å². The van der Waals surface area contributed by atoms with E-state index >= 15 is 0 Å². The van der Waals surface area contributed by atoms with Crippen LogP contribution < -0.4 is 0 Å². The summed E-state index contributed by atoms with van der Waals surface area (Å²) in [5, 5.41) is 11.4. The summed E-state index contributed by atoms with van der Waals surface area (Å²) in [6.45, 7) is 1.59. The van der Waals surface area contributed by atoms with Gasteiger partial charge in [0.2, 0.25) is 0 Å². The largest absolute Gasteiger partial charge is 0.481 e. The molecule has 5 heteroatoms. The van der Waals surface area contributed by atoms with Gasteiger partial charge >= 0.3 is 5.97 Å². The van der Waals surface area contributed by atoms with Crippen LogP contribution in [-0.4, -0.2) is 34.0 Å². The fourth-order valence-electron chi connectivity index (χ4n) is 3.10. The molecule has 116 valence electrons. The summed E-state index contributed by atoms with van der Waals surface area (Å²) in [6, 6.07) is 10.4. The molecule has 1 N–H and O–H groups in total. The molecule has 2 atom stereocenters. The van der Waals surface area contributed by atoms with Crippen molar-refractivity contribution in [3.63, 3.8) is 0 Å². The van der Waals surface area contributed by atoms with Gasteiger partial charge < -0.3 is 5.11 Å². The van der Waals surface area contributed by atoms with Crippen LogP contribution in [0.25, 0.3) is 0 Å². The van der Waals surface area contributed by atoms with E-state index in [4.69, 9.17) is 0 Å². The molecule has 0 spiro atoms. The molecule has 2 unspecified atom stereocenters. The number of hydrogen-bond donors (Lipinski definition) is 1. The lowest BCUT2D eigenvalue weighted by molar-refractivity contribution is -0.144. The van der Waals surface area contributed by atoms with E-state index in [1.165, 1.54) is 4.88 Å². The Labute approximate surface area is 134 Å². The third kappa shape index (κ3) is 3.54. The molecule has 3 heterocycles. The SMILES string of the molecule is O=C(O)C1CCCN(C(Cc2ccccn2)c2cccs2)C1. The lowest BCUT2D eigenvalue weighted by Crippen LogP contribution is -2.41. The lowest BCUT2D eigenvalue weighted by Gasteiger charge is -2.36. The average molecular weight is 316 g/mol. The van der Waals surface area contributed by atoms with Crippen LogP contribution in [0.5, 0.6) is 0 Å². The predicted molar refractivity (Wildman–Crippen MR) is 86.9 cm³/mol. The maximum atomic E-state index is 11.3. The van der Waals surface area contributed by atoms with Gasteiger partial charge in [-0.2, -0.15) is 0 Å². The highest BCUT2D eigenvalue weighted by Gasteiger charge is 2.31. The zero-order chi connectivity index (χ0) is 15.4. The highest BCUT2D eigenvalue weighted by Crippen LogP contribution is 2.32. The van der Waals surface area contributed by atoms with E-state index in [0.717, 1.165) is 31.5 Å². The summed E-state index contributed by atoms with van der Waals surface area (Å²) >= 11 is 1.74. The molecule has 22 heavy (non-hydrogen) atoms. The molecule has 2 aromatic rings. The summed E-state index contributed by atoms with van der Waals surface area (Å²) in [6.07, 6.45) is 4.37. The molecule has 3 rings (SSSR count). The standard InChI is InChI=1S/C17H20N2O2S/c20-17(21)13-5-3-9-19(12-13)15(16-7-4-10-22-16)11-14-6-1-2-8-18-14/h1-2,4,6-8,10,13,15H,3,5,9,11-12H2,(H,20,21). The zero-order valence-electron chi connectivity index (χ0n) is 12.4. The van der Waals surface area contributed by atoms with Gasteiger partial charge in [0.15, 0.2) is 0 Å². The monoisotopic (exact) mass is 316 g/mol. The Morgan fingerprint density at radius 1 is 1.41 bits per heavy atom. The van der Waals surface area contributed by atoms with Crippen molar-refractivity contribution in [2.24, 2.45) is 5.92 Å². The van der Waals surface area contributed by atoms with Crippen LogP contribution in [0.4, 0.5) is 0 Å². The molecule has 1 aliphatic heterocycles. The molecule has 0 radical (unpaired) electrons. The van der Waals surface area contributed by atoms with E-state index in [9.17, 15) is 9.90 Å². The maximum Gasteiger partial charge on any atom is 0.307 e. The van der Waals surface area contributed by atoms with E-state index in [2.05, 4.69) is 27.4 Å². The number of carboxylic acids is 1. The molecule has 0 bridgehead atoms. The number of piperidine rings is 1. The van der Waals surface area contributed by atoms with E-state index in [1.807, 2.05) is 24.4 Å². The van der Waals surface area contributed by atoms with Gasteiger partial charge in [-0.25, -0.2) is 0 Å². The topological polar surface area (TPSA) is 53.4 Å². The number of likely N-dealkylation sites (tertiary alicyclic amines) is 1. The van der Waals surface area contributed by atoms with Crippen molar-refractivity contribution in [3.05, 3.63) is 52.5 Å². The summed E-state index contributed by atoms with van der Waals surface area (Å²) in [5.41, 5.74) is 1.05. The fraction of sp³-hybridized carbons (Fsp3) is 0.412. The lowest BCUT2D eigenvalue weighted by atomic mass is 9.95. The molecule has 4 nitrogen and oxygen atoms in total. The number of carbonyl (C=O) groups is 1. The molecule has 0 amide bonds. The second-order valence-electron chi connectivity index (χ2n) is 5.73. The Hall–Kier alpha value is -1.72. The molecule has 1 aliphatic rings. The highest BCUT2D eigenvalue weighted by molar-refractivity contribution is 7.10. The number of rotatable bonds is 5.